The van der Waals surface area contributed by atoms with Gasteiger partial charge in [0.15, 0.2) is 0 Å². The van der Waals surface area contributed by atoms with Gasteiger partial charge in [-0.2, -0.15) is 0 Å². The van der Waals surface area contributed by atoms with Crippen molar-refractivity contribution in [2.75, 3.05) is 0 Å². The Kier molecular flexibility index (Phi) is 6.21. The summed E-state index contributed by atoms with van der Waals surface area (Å²) in [5.74, 6) is 0. The van der Waals surface area contributed by atoms with Crippen molar-refractivity contribution in [3.8, 4) is 5.19 Å². The van der Waals surface area contributed by atoms with Gasteiger partial charge in [0.25, 0.3) is 5.19 Å². The number of hydrogen-bond donors (Lipinski definition) is 0. The smallest absolute Gasteiger partial charge is 0.511 e. The molecule has 0 aliphatic carbocycles. The third-order valence-corrected chi connectivity index (χ3v) is 1.60. The second-order valence-electron chi connectivity index (χ2n) is 1.09. The largest absolute Gasteiger partial charge is 1.00 e. The molecule has 1 aromatic heterocycles. The van der Waals surface area contributed by atoms with Gasteiger partial charge in [0.2, 0.25) is 0 Å². The van der Waals surface area contributed by atoms with Crippen molar-refractivity contribution < 1.29 is 64.0 Å². The summed E-state index contributed by atoms with van der Waals surface area (Å²) in [4.78, 5) is 3.56. The Bertz CT molecular complexity index is 236. The van der Waals surface area contributed by atoms with Gasteiger partial charge in [-0.25, -0.2) is 4.98 Å². The first-order chi connectivity index (χ1) is 4.29. The van der Waals surface area contributed by atoms with Gasteiger partial charge in [-0.15, -0.1) is 0 Å². The maximum absolute atomic E-state index is 9.81. The van der Waals surface area contributed by atoms with E-state index in [-0.39, 0.29) is 56.6 Å². The predicted molar refractivity (Wildman–Crippen MR) is 31.5 cm³/mol. The molecule has 0 amide bonds. The third kappa shape index (κ3) is 4.01. The van der Waals surface area contributed by atoms with Gasteiger partial charge in [0.1, 0.15) is 11.0 Å². The molecule has 1 aromatic rings. The molecule has 0 unspecified atom stereocenters. The van der Waals surface area contributed by atoms with Gasteiger partial charge >= 0.3 is 51.4 Å². The molecule has 0 bridgehead atoms. The molecule has 0 radical (unpaired) electrons. The van der Waals surface area contributed by atoms with Crippen LogP contribution in [-0.2, 0) is 19.4 Å². The number of aromatic nitrogens is 1. The summed E-state index contributed by atoms with van der Waals surface area (Å²) in [6, 6.07) is 0. The van der Waals surface area contributed by atoms with Crippen LogP contribution in [0.25, 0.3) is 0 Å². The van der Waals surface area contributed by atoms with Crippen molar-refractivity contribution in [1.29, 1.82) is 0 Å². The minimum absolute atomic E-state index is 0. The molecule has 0 aliphatic rings. The van der Waals surface area contributed by atoms with Crippen molar-refractivity contribution in [2.24, 2.45) is 0 Å². The molecule has 10 heavy (non-hydrogen) atoms. The first-order valence-corrected chi connectivity index (χ1v) is 3.84. The van der Waals surface area contributed by atoms with E-state index in [0.717, 1.165) is 11.3 Å². The summed E-state index contributed by atoms with van der Waals surface area (Å²) < 4.78 is 23.8. The van der Waals surface area contributed by atoms with Gasteiger partial charge in [-0.3, -0.25) is 0 Å². The van der Waals surface area contributed by atoms with Crippen LogP contribution >= 0.6 is 11.3 Å². The molecule has 4 nitrogen and oxygen atoms in total. The molecule has 0 aliphatic heterocycles. The second-order valence-corrected chi connectivity index (χ2v) is 2.52. The first-order valence-electron chi connectivity index (χ1n) is 1.96. The Morgan fingerprint density at radius 3 is 2.70 bits per heavy atom. The Labute approximate surface area is 106 Å². The molecule has 0 saturated heterocycles. The maximum atomic E-state index is 9.81. The van der Waals surface area contributed by atoms with E-state index in [0.29, 0.717) is 0 Å². The standard InChI is InChI=1S/C3H2NO3S2.K/c5-9(6)7-3-4-1-2-8-3;/h1-2H;/q-1;+1. The van der Waals surface area contributed by atoms with Crippen LogP contribution in [0.2, 0.25) is 0 Å². The predicted octanol–water partition coefficient (Wildman–Crippen LogP) is -2.25. The molecule has 1 rings (SSSR count). The molecule has 0 saturated carbocycles. The minimum atomic E-state index is -2.50. The van der Waals surface area contributed by atoms with E-state index in [9.17, 15) is 8.42 Å². The minimum Gasteiger partial charge on any atom is -0.511 e. The first kappa shape index (κ1) is 11.0. The van der Waals surface area contributed by atoms with Crippen LogP contribution in [-0.4, -0.2) is 4.98 Å². The normalized spacial score (nSPS) is 8.90. The zero-order valence-corrected chi connectivity index (χ0v) is 9.90. The molecule has 0 atom stereocenters. The molecule has 0 spiro atoms. The summed E-state index contributed by atoms with van der Waals surface area (Å²) in [6.45, 7) is 0. The molecule has 0 fully saturated rings. The maximum Gasteiger partial charge on any atom is 1.00 e. The van der Waals surface area contributed by atoms with Crippen LogP contribution < -0.4 is 55.6 Å². The van der Waals surface area contributed by atoms with Crippen molar-refractivity contribution in [1.82, 2.24) is 4.98 Å². The van der Waals surface area contributed by atoms with Crippen LogP contribution in [0.4, 0.5) is 0 Å². The van der Waals surface area contributed by atoms with E-state index in [4.69, 9.17) is 0 Å². The van der Waals surface area contributed by atoms with E-state index >= 15 is 0 Å². The summed E-state index contributed by atoms with van der Waals surface area (Å²) in [6.07, 6.45) is 1.47. The van der Waals surface area contributed by atoms with Gasteiger partial charge in [-0.1, -0.05) is 11.3 Å². The Morgan fingerprint density at radius 1 is 1.60 bits per heavy atom. The summed E-state index contributed by atoms with van der Waals surface area (Å²) in [5, 5.41) is 1.77. The fraction of sp³-hybridized carbons (Fsp3) is 0. The number of rotatable bonds is 2. The topological polar surface area (TPSA) is 56.3 Å². The van der Waals surface area contributed by atoms with Gasteiger partial charge in [-0.05, 0) is 0 Å². The van der Waals surface area contributed by atoms with E-state index in [1.807, 2.05) is 0 Å². The second kappa shape index (κ2) is 5.64. The average molecular weight is 203 g/mol. The zero-order valence-electron chi connectivity index (χ0n) is 5.14. The van der Waals surface area contributed by atoms with Crippen LogP contribution in [0, 0.1) is 0 Å². The molecule has 0 aromatic carbocycles. The summed E-state index contributed by atoms with van der Waals surface area (Å²) in [5.41, 5.74) is 0. The van der Waals surface area contributed by atoms with Crippen molar-refractivity contribution in [2.45, 2.75) is 0 Å². The van der Waals surface area contributed by atoms with E-state index < -0.39 is 11.0 Å². The average Bonchev–Trinajstić information content (AvgIpc) is 2.15. The third-order valence-electron chi connectivity index (χ3n) is 0.549. The molecule has 1 heterocycles. The van der Waals surface area contributed by atoms with E-state index in [1.165, 1.54) is 6.20 Å². The van der Waals surface area contributed by atoms with Crippen LogP contribution in [0.1, 0.15) is 0 Å². The molecule has 0 N–H and O–H groups in total. The van der Waals surface area contributed by atoms with Crippen molar-refractivity contribution in [3.05, 3.63) is 11.6 Å². The van der Waals surface area contributed by atoms with Crippen molar-refractivity contribution in [3.63, 3.8) is 0 Å². The van der Waals surface area contributed by atoms with Crippen molar-refractivity contribution >= 4 is 22.3 Å². The summed E-state index contributed by atoms with van der Waals surface area (Å²) >= 11 is 1.12. The Balaban J connectivity index is 0.000000810. The van der Waals surface area contributed by atoms with Gasteiger partial charge in [0.05, 0.1) is 0 Å². The summed E-state index contributed by atoms with van der Waals surface area (Å²) in [7, 11) is -2.50. The van der Waals surface area contributed by atoms with Crippen LogP contribution in [0.15, 0.2) is 11.6 Å². The molecule has 7 heteroatoms. The quantitative estimate of drug-likeness (QED) is 0.402. The number of hydrogen-bond acceptors (Lipinski definition) is 6. The van der Waals surface area contributed by atoms with Crippen LogP contribution in [0.5, 0.6) is 5.19 Å². The fourth-order valence-electron chi connectivity index (χ4n) is 0.310. The Morgan fingerprint density at radius 2 is 2.30 bits per heavy atom. The zero-order chi connectivity index (χ0) is 6.69. The van der Waals surface area contributed by atoms with Gasteiger partial charge < -0.3 is 12.6 Å². The van der Waals surface area contributed by atoms with E-state index in [2.05, 4.69) is 9.17 Å². The van der Waals surface area contributed by atoms with Gasteiger partial charge in [0, 0.05) is 11.6 Å². The molecular weight excluding hydrogens is 201 g/mol. The fourth-order valence-corrected chi connectivity index (χ4v) is 1.15. The Hall–Kier alpha value is 1.02. The monoisotopic (exact) mass is 203 g/mol. The number of thiazole rings is 1. The SMILES string of the molecule is O=[S-](=O)Oc1nccs1.[K+]. The van der Waals surface area contributed by atoms with E-state index in [1.54, 1.807) is 5.38 Å². The molecule has 50 valence electrons. The molecular formula is C3H2KNO3S2. The number of nitrogens with zero attached hydrogens (tertiary/aromatic N) is 1. The van der Waals surface area contributed by atoms with Crippen LogP contribution in [0.3, 0.4) is 0 Å².